The summed E-state index contributed by atoms with van der Waals surface area (Å²) in [5, 5.41) is 48.4. The van der Waals surface area contributed by atoms with Crippen LogP contribution in [-0.2, 0) is 61.7 Å². The molecule has 0 saturated heterocycles. The molecule has 0 bridgehead atoms. The topological polar surface area (TPSA) is 478 Å². The molecular weight excluding hydrogens is 1260 g/mol. The Labute approximate surface area is 481 Å². The van der Waals surface area contributed by atoms with Crippen LogP contribution in [0.4, 0.5) is 33.6 Å². The minimum Gasteiger partial charge on any atom is -0.493 e. The van der Waals surface area contributed by atoms with Gasteiger partial charge in [0.2, 0.25) is 11.0 Å². The van der Waals surface area contributed by atoms with Gasteiger partial charge in [-0.1, -0.05) is 23.5 Å². The van der Waals surface area contributed by atoms with Crippen LogP contribution in [0.3, 0.4) is 0 Å². The van der Waals surface area contributed by atoms with Crippen molar-refractivity contribution in [3.8, 4) is 17.7 Å². The first kappa shape index (κ1) is 64.5. The molecule has 5 N–H and O–H groups in total. The quantitative estimate of drug-likeness (QED) is 0.0232. The van der Waals surface area contributed by atoms with Gasteiger partial charge in [-0.05, 0) is 117 Å². The molecule has 0 unspecified atom stereocenters. The summed E-state index contributed by atoms with van der Waals surface area (Å²) in [6.45, 7) is 6.56. The predicted molar refractivity (Wildman–Crippen MR) is 298 cm³/mol. The Hall–Kier alpha value is -7.68. The van der Waals surface area contributed by atoms with E-state index >= 15 is 0 Å². The van der Waals surface area contributed by atoms with Gasteiger partial charge in [-0.15, -0.1) is 62.6 Å². The largest absolute Gasteiger partial charge is 0.493 e. The summed E-state index contributed by atoms with van der Waals surface area (Å²) in [7, 11) is -24.4. The maximum absolute atomic E-state index is 12.4. The number of thioether (sulfide) groups is 1. The highest BCUT2D eigenvalue weighted by Gasteiger charge is 2.24. The summed E-state index contributed by atoms with van der Waals surface area (Å²) in [6.07, 6.45) is -0.106. The van der Waals surface area contributed by atoms with Gasteiger partial charge in [0.05, 0.1) is 55.8 Å². The molecule has 0 amide bonds. The fourth-order valence-corrected chi connectivity index (χ4v) is 11.9. The van der Waals surface area contributed by atoms with Crippen LogP contribution in [0, 0.1) is 39.0 Å². The molecule has 3 aromatic heterocycles. The number of benzene rings is 5. The number of nitriles is 1. The lowest BCUT2D eigenvalue weighted by Gasteiger charge is -2.12. The normalized spacial score (nSPS) is 12.3. The fraction of sp³-hybridized carbons (Fsp3) is 0.222. The molecule has 3 heterocycles. The van der Waals surface area contributed by atoms with Crippen LogP contribution in [-0.4, -0.2) is 120 Å². The molecule has 8 aromatic rings. The monoisotopic (exact) mass is 1300 g/mol. The maximum Gasteiger partial charge on any atom is 0.425 e. The molecule has 0 aliphatic rings. The molecule has 5 aromatic carbocycles. The molecular formula is C45H40N10O20S8. The molecule has 438 valence electrons. The SMILES string of the molecule is Cc1ccc2nc3c(C#N)c(C)c(N=Nc4cc(C)c(N=Nc5cc(C)c(N=Nc6nc7c(S(=O)(=O)O)cc8ccc(S(=O)(=O)O)cc8c7s6)cc5SCCCS(=O)(=O)O)cc4OCCCS(=O)(=O)O)c(O)n3c2c1.O=S(=O)=O.O=S(=O)=O. The smallest absolute Gasteiger partial charge is 0.425 e. The number of aromatic nitrogens is 3. The number of hydrogen-bond donors (Lipinski definition) is 5. The first-order valence-corrected chi connectivity index (χ1v) is 32.7. The van der Waals surface area contributed by atoms with Crippen LogP contribution in [0.15, 0.2) is 112 Å². The molecule has 0 aliphatic carbocycles. The molecule has 30 nitrogen and oxygen atoms in total. The van der Waals surface area contributed by atoms with Crippen molar-refractivity contribution >= 4 is 156 Å². The minimum absolute atomic E-state index is 0.0227. The predicted octanol–water partition coefficient (Wildman–Crippen LogP) is 8.82. The standard InChI is InChI=1S/C45H40N10O14S6.2O3S/c1-23-7-10-31-36(15-23)55-43(47-31)30(22-46)26(4)40(44(55)56)53-51-34-16-24(2)32(20-37(34)69-11-5-13-72(57,58)59)49-52-35-17-25(3)33(21-38(35)70-12-6-14-73(60,61)62)50-54-45-48-41-39(75(66,67)68)18-27-8-9-28(74(63,64)65)19-29(27)42(41)71-45;2*1-4(2)3/h7-10,15-21,56H,5-6,11-14H2,1-4H3,(H,57,58,59)(H,60,61,62)(H,63,64,65)(H,66,67,68);;. The van der Waals surface area contributed by atoms with E-state index in [-0.39, 0.29) is 108 Å². The van der Waals surface area contributed by atoms with Crippen molar-refractivity contribution in [1.29, 1.82) is 5.26 Å². The summed E-state index contributed by atoms with van der Waals surface area (Å²) in [6, 6.07) is 18.2. The summed E-state index contributed by atoms with van der Waals surface area (Å²) >= 11 is 1.96. The van der Waals surface area contributed by atoms with Crippen molar-refractivity contribution in [1.82, 2.24) is 14.4 Å². The molecule has 38 heteroatoms. The van der Waals surface area contributed by atoms with E-state index in [4.69, 9.17) is 30.0 Å². The Kier molecular flexibility index (Phi) is 20.4. The Morgan fingerprint density at radius 1 is 0.687 bits per heavy atom. The van der Waals surface area contributed by atoms with Crippen molar-refractivity contribution in [2.24, 2.45) is 30.7 Å². The van der Waals surface area contributed by atoms with E-state index in [1.54, 1.807) is 51.1 Å². The number of nitrogens with zero attached hydrogens (tertiary/aromatic N) is 10. The van der Waals surface area contributed by atoms with Crippen LogP contribution >= 0.6 is 23.1 Å². The lowest BCUT2D eigenvalue weighted by molar-refractivity contribution is 0.317. The van der Waals surface area contributed by atoms with E-state index in [2.05, 4.69) is 46.7 Å². The second kappa shape index (κ2) is 26.3. The summed E-state index contributed by atoms with van der Waals surface area (Å²) in [5.41, 5.74) is 4.07. The minimum atomic E-state index is -4.86. The first-order valence-electron chi connectivity index (χ1n) is 22.8. The average Bonchev–Trinajstić information content (AvgIpc) is 3.12. The van der Waals surface area contributed by atoms with Crippen molar-refractivity contribution < 1.29 is 87.0 Å². The number of hydrogen-bond acceptors (Lipinski definition) is 27. The van der Waals surface area contributed by atoms with Gasteiger partial charge in [-0.2, -0.15) is 44.0 Å². The maximum atomic E-state index is 12.4. The molecule has 0 saturated carbocycles. The van der Waals surface area contributed by atoms with Gasteiger partial charge in [0, 0.05) is 21.9 Å². The van der Waals surface area contributed by atoms with Gasteiger partial charge in [0.1, 0.15) is 33.5 Å². The number of pyridine rings is 1. The highest BCUT2D eigenvalue weighted by molar-refractivity contribution is 7.99. The number of imidazole rings is 1. The molecule has 0 spiro atoms. The Balaban J connectivity index is 0.00000130. The second-order valence-corrected chi connectivity index (χ2v) is 26.0. The number of aryl methyl sites for hydroxylation is 3. The fourth-order valence-electron chi connectivity index (χ4n) is 7.59. The first-order chi connectivity index (χ1) is 38.6. The van der Waals surface area contributed by atoms with Gasteiger partial charge in [-0.25, -0.2) is 9.97 Å². The van der Waals surface area contributed by atoms with Gasteiger partial charge in [0.25, 0.3) is 40.5 Å². The van der Waals surface area contributed by atoms with Crippen molar-refractivity contribution in [2.75, 3.05) is 23.9 Å². The van der Waals surface area contributed by atoms with Crippen LogP contribution < -0.4 is 4.74 Å². The average molecular weight is 1300 g/mol. The Morgan fingerprint density at radius 3 is 1.89 bits per heavy atom. The number of aromatic hydroxyl groups is 1. The number of thiazole rings is 1. The summed E-state index contributed by atoms with van der Waals surface area (Å²) in [5.74, 6) is -1.30. The molecule has 0 aliphatic heterocycles. The number of fused-ring (bicyclic) bond motifs is 6. The van der Waals surface area contributed by atoms with E-state index in [1.807, 2.05) is 13.0 Å². The van der Waals surface area contributed by atoms with Crippen molar-refractivity contribution in [3.63, 3.8) is 0 Å². The summed E-state index contributed by atoms with van der Waals surface area (Å²) < 4.78 is 192. The number of ether oxygens (including phenoxy) is 1. The van der Waals surface area contributed by atoms with E-state index in [1.165, 1.54) is 16.5 Å². The lowest BCUT2D eigenvalue weighted by atomic mass is 10.1. The molecule has 0 atom stereocenters. The van der Waals surface area contributed by atoms with Crippen LogP contribution in [0.5, 0.6) is 11.6 Å². The third-order valence-electron chi connectivity index (χ3n) is 11.2. The lowest BCUT2D eigenvalue weighted by Crippen LogP contribution is -2.08. The van der Waals surface area contributed by atoms with Gasteiger partial charge < -0.3 is 9.84 Å². The zero-order valence-corrected chi connectivity index (χ0v) is 49.2. The third kappa shape index (κ3) is 17.0. The molecule has 83 heavy (non-hydrogen) atoms. The summed E-state index contributed by atoms with van der Waals surface area (Å²) in [4.78, 5) is 8.18. The van der Waals surface area contributed by atoms with Crippen LogP contribution in [0.25, 0.3) is 37.7 Å². The van der Waals surface area contributed by atoms with E-state index in [0.717, 1.165) is 46.9 Å². The highest BCUT2D eigenvalue weighted by Crippen LogP contribution is 2.44. The zero-order chi connectivity index (χ0) is 61.5. The molecule has 0 fully saturated rings. The third-order valence-corrected chi connectivity index (χ3v) is 16.6. The van der Waals surface area contributed by atoms with Gasteiger partial charge >= 0.3 is 21.2 Å². The number of rotatable bonds is 18. The van der Waals surface area contributed by atoms with Gasteiger partial charge in [0.15, 0.2) is 11.3 Å². The highest BCUT2D eigenvalue weighted by atomic mass is 32.2. The van der Waals surface area contributed by atoms with Crippen LogP contribution in [0.1, 0.15) is 40.7 Å². The van der Waals surface area contributed by atoms with Crippen molar-refractivity contribution in [2.45, 2.75) is 55.2 Å². The van der Waals surface area contributed by atoms with E-state index in [9.17, 15) is 62.3 Å². The van der Waals surface area contributed by atoms with E-state index < -0.39 is 83.0 Å². The number of azo groups is 3. The van der Waals surface area contributed by atoms with E-state index in [0.29, 0.717) is 27.1 Å². The molecule has 8 rings (SSSR count). The Bertz CT molecular complexity index is 4760. The zero-order valence-electron chi connectivity index (χ0n) is 42.7. The Morgan fingerprint density at radius 2 is 1.28 bits per heavy atom. The second-order valence-electron chi connectivity index (χ2n) is 17.1. The molecule has 0 radical (unpaired) electrons. The van der Waals surface area contributed by atoms with Gasteiger partial charge in [-0.3, -0.25) is 22.6 Å². The van der Waals surface area contributed by atoms with Crippen molar-refractivity contribution in [3.05, 3.63) is 94.5 Å². The van der Waals surface area contributed by atoms with Crippen LogP contribution in [0.2, 0.25) is 0 Å².